The van der Waals surface area contributed by atoms with Crippen LogP contribution in [0.2, 0.25) is 0 Å². The van der Waals surface area contributed by atoms with Gasteiger partial charge in [-0.1, -0.05) is 48.5 Å². The predicted octanol–water partition coefficient (Wildman–Crippen LogP) is 4.50. The van der Waals surface area contributed by atoms with Crippen LogP contribution in [0.3, 0.4) is 0 Å². The maximum Gasteiger partial charge on any atom is 0.240 e. The molecule has 0 aliphatic rings. The molecular weight excluding hydrogens is 398 g/mol. The Hall–Kier alpha value is -3.09. The molecule has 3 aromatic rings. The lowest BCUT2D eigenvalue weighted by Gasteiger charge is -2.12. The minimum absolute atomic E-state index is 0.159. The molecule has 0 unspecified atom stereocenters. The van der Waals surface area contributed by atoms with Crippen molar-refractivity contribution in [2.45, 2.75) is 11.8 Å². The van der Waals surface area contributed by atoms with Gasteiger partial charge < -0.3 is 9.47 Å². The molecule has 0 spiro atoms. The molecule has 0 heterocycles. The topological polar surface area (TPSA) is 64.6 Å². The van der Waals surface area contributed by atoms with Gasteiger partial charge in [0, 0.05) is 6.54 Å². The normalized spacial score (nSPS) is 11.9. The molecule has 3 aromatic carbocycles. The quantitative estimate of drug-likeness (QED) is 0.550. The van der Waals surface area contributed by atoms with E-state index < -0.39 is 10.0 Å². The molecule has 0 saturated carbocycles. The van der Waals surface area contributed by atoms with Gasteiger partial charge in [-0.15, -0.1) is 0 Å². The third kappa shape index (κ3) is 5.49. The second kappa shape index (κ2) is 10.1. The Bertz CT molecular complexity index is 1070. The van der Waals surface area contributed by atoms with Crippen LogP contribution in [-0.2, 0) is 10.0 Å². The van der Waals surface area contributed by atoms with Crippen LogP contribution in [0.5, 0.6) is 11.5 Å². The van der Waals surface area contributed by atoms with E-state index in [2.05, 4.69) is 4.72 Å². The standard InChI is InChI=1S/C24H25NO4S/c1-3-29-22-15-11-20(12-16-22)24(19-9-13-21(28-2)14-10-19)17-18-25-30(26,27)23-7-5-4-6-8-23/h4-17,25H,3,18H2,1-2H3. The minimum atomic E-state index is -3.58. The molecule has 0 saturated heterocycles. The summed E-state index contributed by atoms with van der Waals surface area (Å²) in [6.45, 7) is 2.70. The van der Waals surface area contributed by atoms with Crippen LogP contribution in [0.4, 0.5) is 0 Å². The Morgan fingerprint density at radius 3 is 1.97 bits per heavy atom. The van der Waals surface area contributed by atoms with Gasteiger partial charge in [0.1, 0.15) is 11.5 Å². The van der Waals surface area contributed by atoms with Gasteiger partial charge >= 0.3 is 0 Å². The van der Waals surface area contributed by atoms with E-state index >= 15 is 0 Å². The highest BCUT2D eigenvalue weighted by molar-refractivity contribution is 7.89. The van der Waals surface area contributed by atoms with Gasteiger partial charge in [0.15, 0.2) is 0 Å². The number of benzene rings is 3. The molecule has 6 heteroatoms. The SMILES string of the molecule is CCOc1ccc(C(=CCNS(=O)(=O)c2ccccc2)c2ccc(OC)cc2)cc1. The number of hydrogen-bond acceptors (Lipinski definition) is 4. The zero-order valence-electron chi connectivity index (χ0n) is 17.0. The smallest absolute Gasteiger partial charge is 0.240 e. The molecular formula is C24H25NO4S. The van der Waals surface area contributed by atoms with E-state index in [4.69, 9.17) is 9.47 Å². The second-order valence-corrected chi connectivity index (χ2v) is 8.24. The summed E-state index contributed by atoms with van der Waals surface area (Å²) < 4.78 is 38.4. The van der Waals surface area contributed by atoms with E-state index in [1.807, 2.05) is 61.5 Å². The summed E-state index contributed by atoms with van der Waals surface area (Å²) in [6.07, 6.45) is 1.87. The molecule has 1 N–H and O–H groups in total. The summed E-state index contributed by atoms with van der Waals surface area (Å²) in [4.78, 5) is 0.241. The highest BCUT2D eigenvalue weighted by atomic mass is 32.2. The number of nitrogens with one attached hydrogen (secondary N) is 1. The highest BCUT2D eigenvalue weighted by Gasteiger charge is 2.12. The molecule has 0 amide bonds. The molecule has 0 radical (unpaired) electrons. The zero-order valence-corrected chi connectivity index (χ0v) is 17.9. The zero-order chi connectivity index (χ0) is 21.4. The van der Waals surface area contributed by atoms with E-state index in [0.717, 1.165) is 28.2 Å². The van der Waals surface area contributed by atoms with Gasteiger partial charge in [-0.2, -0.15) is 0 Å². The van der Waals surface area contributed by atoms with E-state index in [0.29, 0.717) is 6.61 Å². The lowest BCUT2D eigenvalue weighted by Crippen LogP contribution is -2.23. The van der Waals surface area contributed by atoms with Gasteiger partial charge in [0.2, 0.25) is 10.0 Å². The van der Waals surface area contributed by atoms with Crippen molar-refractivity contribution in [3.8, 4) is 11.5 Å². The number of rotatable bonds is 9. The Morgan fingerprint density at radius 2 is 1.43 bits per heavy atom. The van der Waals surface area contributed by atoms with Crippen molar-refractivity contribution in [2.24, 2.45) is 0 Å². The Labute approximate surface area is 178 Å². The van der Waals surface area contributed by atoms with E-state index in [1.54, 1.807) is 37.4 Å². The molecule has 156 valence electrons. The highest BCUT2D eigenvalue weighted by Crippen LogP contribution is 2.27. The second-order valence-electron chi connectivity index (χ2n) is 6.47. The average molecular weight is 424 g/mol. The molecule has 0 aromatic heterocycles. The van der Waals surface area contributed by atoms with Crippen molar-refractivity contribution in [1.29, 1.82) is 0 Å². The summed E-state index contributed by atoms with van der Waals surface area (Å²) in [5.41, 5.74) is 2.83. The Kier molecular flexibility index (Phi) is 7.27. The van der Waals surface area contributed by atoms with Crippen LogP contribution in [0.25, 0.3) is 5.57 Å². The number of methoxy groups -OCH3 is 1. The summed E-state index contributed by atoms with van der Waals surface area (Å²) in [7, 11) is -1.96. The molecule has 0 fully saturated rings. The molecule has 5 nitrogen and oxygen atoms in total. The fourth-order valence-corrected chi connectivity index (χ4v) is 3.99. The summed E-state index contributed by atoms with van der Waals surface area (Å²) in [5, 5.41) is 0. The first-order valence-corrected chi connectivity index (χ1v) is 11.1. The van der Waals surface area contributed by atoms with E-state index in [-0.39, 0.29) is 11.4 Å². The first kappa shape index (κ1) is 21.6. The first-order chi connectivity index (χ1) is 14.5. The van der Waals surface area contributed by atoms with Crippen LogP contribution >= 0.6 is 0 Å². The van der Waals surface area contributed by atoms with Crippen molar-refractivity contribution in [2.75, 3.05) is 20.3 Å². The average Bonchev–Trinajstić information content (AvgIpc) is 2.78. The minimum Gasteiger partial charge on any atom is -0.497 e. The number of hydrogen-bond donors (Lipinski definition) is 1. The fourth-order valence-electron chi connectivity index (χ4n) is 3.01. The van der Waals surface area contributed by atoms with Crippen LogP contribution in [0.15, 0.2) is 89.8 Å². The number of sulfonamides is 1. The molecule has 0 aliphatic heterocycles. The van der Waals surface area contributed by atoms with Gasteiger partial charge in [-0.25, -0.2) is 13.1 Å². The first-order valence-electron chi connectivity index (χ1n) is 9.66. The summed E-state index contributed by atoms with van der Waals surface area (Å²) >= 11 is 0. The van der Waals surface area contributed by atoms with Crippen LogP contribution in [0.1, 0.15) is 18.1 Å². The third-order valence-corrected chi connectivity index (χ3v) is 5.95. The van der Waals surface area contributed by atoms with Gasteiger partial charge in [0.25, 0.3) is 0 Å². The van der Waals surface area contributed by atoms with Crippen LogP contribution in [-0.4, -0.2) is 28.7 Å². The molecule has 0 bridgehead atoms. The van der Waals surface area contributed by atoms with Crippen LogP contribution < -0.4 is 14.2 Å². The van der Waals surface area contributed by atoms with E-state index in [9.17, 15) is 8.42 Å². The monoisotopic (exact) mass is 423 g/mol. The molecule has 0 aliphatic carbocycles. The fraction of sp³-hybridized carbons (Fsp3) is 0.167. The maximum absolute atomic E-state index is 12.5. The lowest BCUT2D eigenvalue weighted by molar-refractivity contribution is 0.340. The molecule has 0 atom stereocenters. The summed E-state index contributed by atoms with van der Waals surface area (Å²) in [5.74, 6) is 1.55. The molecule has 3 rings (SSSR count). The summed E-state index contributed by atoms with van der Waals surface area (Å²) in [6, 6.07) is 23.7. The van der Waals surface area contributed by atoms with Crippen LogP contribution in [0, 0.1) is 0 Å². The van der Waals surface area contributed by atoms with Gasteiger partial charge in [0.05, 0.1) is 18.6 Å². The van der Waals surface area contributed by atoms with Crippen molar-refractivity contribution in [1.82, 2.24) is 4.72 Å². The van der Waals surface area contributed by atoms with E-state index in [1.165, 1.54) is 0 Å². The van der Waals surface area contributed by atoms with Crippen molar-refractivity contribution >= 4 is 15.6 Å². The Morgan fingerprint density at radius 1 is 0.867 bits per heavy atom. The lowest BCUT2D eigenvalue weighted by atomic mass is 9.97. The largest absolute Gasteiger partial charge is 0.497 e. The predicted molar refractivity (Wildman–Crippen MR) is 119 cm³/mol. The van der Waals surface area contributed by atoms with Gasteiger partial charge in [-0.05, 0) is 60.0 Å². The maximum atomic E-state index is 12.5. The Balaban J connectivity index is 1.88. The van der Waals surface area contributed by atoms with Crippen molar-refractivity contribution in [3.05, 3.63) is 96.1 Å². The van der Waals surface area contributed by atoms with Crippen molar-refractivity contribution < 1.29 is 17.9 Å². The van der Waals surface area contributed by atoms with Crippen molar-refractivity contribution in [3.63, 3.8) is 0 Å². The third-order valence-electron chi connectivity index (χ3n) is 4.51. The number of ether oxygens (including phenoxy) is 2. The van der Waals surface area contributed by atoms with Gasteiger partial charge in [-0.3, -0.25) is 0 Å². The molecule has 30 heavy (non-hydrogen) atoms.